The van der Waals surface area contributed by atoms with E-state index in [1.807, 2.05) is 0 Å². The van der Waals surface area contributed by atoms with E-state index >= 15 is 0 Å². The number of hydrogen-bond acceptors (Lipinski definition) is 7. The molecule has 0 fully saturated rings. The van der Waals surface area contributed by atoms with Crippen molar-refractivity contribution in [1.29, 1.82) is 0 Å². The number of benzene rings is 2. The SMILES string of the molecule is COC(=O)c1c(NC(=O)CN(c2ccc(Cl)cc2)S(=O)(=O)c2ccc(OC)cc2)sc2c1CCCC2. The summed E-state index contributed by atoms with van der Waals surface area (Å²) in [6, 6.07) is 12.1. The predicted molar refractivity (Wildman–Crippen MR) is 140 cm³/mol. The minimum Gasteiger partial charge on any atom is -0.497 e. The first kappa shape index (κ1) is 26.0. The standard InChI is InChI=1S/C25H25ClN2O6S2/c1-33-18-11-13-19(14-12-18)36(31,32)28(17-9-7-16(26)8-10-17)15-22(29)27-24-23(25(30)34-2)20-5-3-4-6-21(20)35-24/h7-14H,3-6,15H2,1-2H3,(H,27,29). The lowest BCUT2D eigenvalue weighted by Gasteiger charge is -2.24. The van der Waals surface area contributed by atoms with Crippen molar-refractivity contribution in [2.45, 2.75) is 30.6 Å². The van der Waals surface area contributed by atoms with Crippen LogP contribution in [-0.4, -0.2) is 41.1 Å². The number of halogens is 1. The number of esters is 1. The molecule has 0 radical (unpaired) electrons. The Labute approximate surface area is 218 Å². The molecule has 3 aromatic rings. The fourth-order valence-electron chi connectivity index (χ4n) is 4.07. The third-order valence-electron chi connectivity index (χ3n) is 5.86. The molecule has 1 amide bonds. The zero-order valence-corrected chi connectivity index (χ0v) is 22.1. The second kappa shape index (κ2) is 10.9. The number of nitrogens with zero attached hydrogens (tertiary/aromatic N) is 1. The van der Waals surface area contributed by atoms with E-state index in [4.69, 9.17) is 21.1 Å². The molecular formula is C25H25ClN2O6S2. The van der Waals surface area contributed by atoms with Gasteiger partial charge in [0.15, 0.2) is 0 Å². The van der Waals surface area contributed by atoms with Crippen molar-refractivity contribution in [1.82, 2.24) is 0 Å². The number of hydrogen-bond donors (Lipinski definition) is 1. The molecule has 190 valence electrons. The molecule has 0 unspecified atom stereocenters. The van der Waals surface area contributed by atoms with E-state index in [9.17, 15) is 18.0 Å². The molecule has 1 aliphatic carbocycles. The lowest BCUT2D eigenvalue weighted by Crippen LogP contribution is -2.38. The van der Waals surface area contributed by atoms with Crippen LogP contribution in [0.1, 0.15) is 33.6 Å². The normalized spacial score (nSPS) is 13.0. The summed E-state index contributed by atoms with van der Waals surface area (Å²) < 4.78 is 38.3. The highest BCUT2D eigenvalue weighted by Crippen LogP contribution is 2.38. The molecule has 0 saturated heterocycles. The van der Waals surface area contributed by atoms with Crippen molar-refractivity contribution in [3.05, 3.63) is 69.6 Å². The first-order chi connectivity index (χ1) is 17.2. The second-order valence-corrected chi connectivity index (χ2v) is 11.5. The Balaban J connectivity index is 1.67. The molecule has 0 atom stereocenters. The van der Waals surface area contributed by atoms with Gasteiger partial charge in [-0.05, 0) is 79.8 Å². The Morgan fingerprint density at radius 1 is 1.03 bits per heavy atom. The van der Waals surface area contributed by atoms with Gasteiger partial charge in [0.2, 0.25) is 5.91 Å². The maximum absolute atomic E-state index is 13.6. The highest BCUT2D eigenvalue weighted by atomic mass is 35.5. The average Bonchev–Trinajstić information content (AvgIpc) is 3.25. The predicted octanol–water partition coefficient (Wildman–Crippen LogP) is 4.91. The van der Waals surface area contributed by atoms with Crippen molar-refractivity contribution in [3.8, 4) is 5.75 Å². The van der Waals surface area contributed by atoms with Gasteiger partial charge < -0.3 is 14.8 Å². The van der Waals surface area contributed by atoms with E-state index in [0.717, 1.165) is 40.4 Å². The Bertz CT molecular complexity index is 1370. The van der Waals surface area contributed by atoms with Crippen LogP contribution >= 0.6 is 22.9 Å². The number of sulfonamides is 1. The molecule has 0 aliphatic heterocycles. The van der Waals surface area contributed by atoms with Crippen LogP contribution < -0.4 is 14.4 Å². The summed E-state index contributed by atoms with van der Waals surface area (Å²) >= 11 is 7.34. The molecule has 1 heterocycles. The van der Waals surface area contributed by atoms with Crippen molar-refractivity contribution >= 4 is 55.5 Å². The van der Waals surface area contributed by atoms with Crippen LogP contribution in [0, 0.1) is 0 Å². The highest BCUT2D eigenvalue weighted by Gasteiger charge is 2.30. The number of carbonyl (C=O) groups excluding carboxylic acids is 2. The number of rotatable bonds is 8. The molecule has 1 aromatic heterocycles. The topological polar surface area (TPSA) is 102 Å². The molecule has 36 heavy (non-hydrogen) atoms. The zero-order valence-electron chi connectivity index (χ0n) is 19.7. The van der Waals surface area contributed by atoms with E-state index in [0.29, 0.717) is 21.3 Å². The number of methoxy groups -OCH3 is 2. The van der Waals surface area contributed by atoms with Crippen molar-refractivity contribution in [3.63, 3.8) is 0 Å². The lowest BCUT2D eigenvalue weighted by molar-refractivity contribution is -0.114. The Morgan fingerprint density at radius 3 is 2.33 bits per heavy atom. The van der Waals surface area contributed by atoms with Crippen LogP contribution in [0.15, 0.2) is 53.4 Å². The maximum Gasteiger partial charge on any atom is 0.341 e. The van der Waals surface area contributed by atoms with E-state index < -0.39 is 28.4 Å². The van der Waals surface area contributed by atoms with Crippen LogP contribution in [0.5, 0.6) is 5.75 Å². The lowest BCUT2D eigenvalue weighted by atomic mass is 9.95. The number of nitrogens with one attached hydrogen (secondary N) is 1. The Kier molecular flexibility index (Phi) is 7.87. The summed E-state index contributed by atoms with van der Waals surface area (Å²) in [7, 11) is -1.35. The van der Waals surface area contributed by atoms with Gasteiger partial charge in [-0.2, -0.15) is 0 Å². The molecule has 1 N–H and O–H groups in total. The van der Waals surface area contributed by atoms with E-state index in [1.165, 1.54) is 62.0 Å². The molecule has 0 spiro atoms. The van der Waals surface area contributed by atoms with Gasteiger partial charge in [0.1, 0.15) is 17.3 Å². The summed E-state index contributed by atoms with van der Waals surface area (Å²) in [5.74, 6) is -0.613. The van der Waals surface area contributed by atoms with E-state index in [1.54, 1.807) is 12.1 Å². The minimum atomic E-state index is -4.13. The Hall–Kier alpha value is -3.08. The number of amides is 1. The quantitative estimate of drug-likeness (QED) is 0.401. The van der Waals surface area contributed by atoms with Gasteiger partial charge in [-0.25, -0.2) is 13.2 Å². The molecule has 1 aliphatic rings. The van der Waals surface area contributed by atoms with Gasteiger partial charge in [0.25, 0.3) is 10.0 Å². The largest absolute Gasteiger partial charge is 0.497 e. The number of anilines is 2. The van der Waals surface area contributed by atoms with Gasteiger partial charge >= 0.3 is 5.97 Å². The van der Waals surface area contributed by atoms with Crippen molar-refractivity contribution < 1.29 is 27.5 Å². The third-order valence-corrected chi connectivity index (χ3v) is 9.11. The average molecular weight is 549 g/mol. The molecule has 2 aromatic carbocycles. The molecule has 8 nitrogen and oxygen atoms in total. The molecule has 0 bridgehead atoms. The Morgan fingerprint density at radius 2 is 1.69 bits per heavy atom. The number of carbonyl (C=O) groups is 2. The monoisotopic (exact) mass is 548 g/mol. The summed E-state index contributed by atoms with van der Waals surface area (Å²) in [5, 5.41) is 3.56. The van der Waals surface area contributed by atoms with Gasteiger partial charge in [0.05, 0.1) is 30.4 Å². The van der Waals surface area contributed by atoms with Gasteiger partial charge in [-0.3, -0.25) is 9.10 Å². The fourth-order valence-corrected chi connectivity index (χ4v) is 6.91. The maximum atomic E-state index is 13.6. The van der Waals surface area contributed by atoms with E-state index in [-0.39, 0.29) is 10.6 Å². The number of fused-ring (bicyclic) bond motifs is 1. The van der Waals surface area contributed by atoms with Crippen LogP contribution in [-0.2, 0) is 32.4 Å². The van der Waals surface area contributed by atoms with Gasteiger partial charge in [0, 0.05) is 9.90 Å². The molecule has 0 saturated carbocycles. The summed E-state index contributed by atoms with van der Waals surface area (Å²) in [6.07, 6.45) is 3.51. The minimum absolute atomic E-state index is 0.00659. The molecular weight excluding hydrogens is 524 g/mol. The van der Waals surface area contributed by atoms with Crippen LogP contribution in [0.2, 0.25) is 5.02 Å². The van der Waals surface area contributed by atoms with Crippen LogP contribution in [0.3, 0.4) is 0 Å². The zero-order chi connectivity index (χ0) is 25.9. The first-order valence-corrected chi connectivity index (χ1v) is 13.8. The van der Waals surface area contributed by atoms with Crippen molar-refractivity contribution in [2.24, 2.45) is 0 Å². The van der Waals surface area contributed by atoms with Crippen LogP contribution in [0.4, 0.5) is 10.7 Å². The number of thiophene rings is 1. The molecule has 4 rings (SSSR count). The summed E-state index contributed by atoms with van der Waals surface area (Å²) in [6.45, 7) is -0.515. The first-order valence-electron chi connectivity index (χ1n) is 11.2. The summed E-state index contributed by atoms with van der Waals surface area (Å²) in [4.78, 5) is 26.8. The third kappa shape index (κ3) is 5.35. The summed E-state index contributed by atoms with van der Waals surface area (Å²) in [5.41, 5.74) is 1.51. The second-order valence-electron chi connectivity index (χ2n) is 8.12. The van der Waals surface area contributed by atoms with Crippen LogP contribution in [0.25, 0.3) is 0 Å². The molecule has 11 heteroatoms. The van der Waals surface area contributed by atoms with E-state index in [2.05, 4.69) is 5.32 Å². The van der Waals surface area contributed by atoms with Crippen molar-refractivity contribution in [2.75, 3.05) is 30.4 Å². The van der Waals surface area contributed by atoms with Gasteiger partial charge in [-0.1, -0.05) is 11.6 Å². The number of ether oxygens (including phenoxy) is 2. The smallest absolute Gasteiger partial charge is 0.341 e. The van der Waals surface area contributed by atoms with Gasteiger partial charge in [-0.15, -0.1) is 11.3 Å². The fraction of sp³-hybridized carbons (Fsp3) is 0.280. The highest BCUT2D eigenvalue weighted by molar-refractivity contribution is 7.92. The number of aryl methyl sites for hydroxylation is 1.